The lowest BCUT2D eigenvalue weighted by atomic mass is 9.98. The monoisotopic (exact) mass is 448 g/mol. The van der Waals surface area contributed by atoms with Gasteiger partial charge in [-0.05, 0) is 68.7 Å². The van der Waals surface area contributed by atoms with Crippen LogP contribution >= 0.6 is 0 Å². The van der Waals surface area contributed by atoms with Crippen molar-refractivity contribution in [3.8, 4) is 0 Å². The number of carbonyl (C=O) groups is 2. The number of ether oxygens (including phenoxy) is 1. The molecule has 7 nitrogen and oxygen atoms in total. The van der Waals surface area contributed by atoms with Crippen LogP contribution in [-0.2, 0) is 19.6 Å². The van der Waals surface area contributed by atoms with E-state index in [9.17, 15) is 22.4 Å². The van der Waals surface area contributed by atoms with Crippen LogP contribution in [-0.4, -0.2) is 44.3 Å². The number of nitrogens with zero attached hydrogens (tertiary/aromatic N) is 1. The van der Waals surface area contributed by atoms with Crippen LogP contribution in [0.3, 0.4) is 0 Å². The summed E-state index contributed by atoms with van der Waals surface area (Å²) in [6, 6.07) is 9.54. The fourth-order valence-electron chi connectivity index (χ4n) is 3.46. The molecular formula is C22H25FN2O5S. The van der Waals surface area contributed by atoms with Crippen molar-refractivity contribution in [2.75, 3.05) is 25.0 Å². The van der Waals surface area contributed by atoms with E-state index in [-0.39, 0.29) is 24.0 Å². The van der Waals surface area contributed by atoms with Crippen molar-refractivity contribution in [3.05, 3.63) is 59.4 Å². The zero-order valence-electron chi connectivity index (χ0n) is 17.4. The summed E-state index contributed by atoms with van der Waals surface area (Å²) in [5, 5.41) is 2.82. The summed E-state index contributed by atoms with van der Waals surface area (Å²) >= 11 is 0. The molecule has 1 amide bonds. The molecule has 0 aliphatic carbocycles. The first-order valence-electron chi connectivity index (χ1n) is 10.1. The van der Waals surface area contributed by atoms with Gasteiger partial charge in [-0.25, -0.2) is 17.6 Å². The van der Waals surface area contributed by atoms with Crippen molar-refractivity contribution in [2.45, 2.75) is 31.6 Å². The smallest absolute Gasteiger partial charge is 0.338 e. The van der Waals surface area contributed by atoms with E-state index < -0.39 is 27.7 Å². The second-order valence-electron chi connectivity index (χ2n) is 7.40. The number of amides is 1. The molecule has 1 fully saturated rings. The molecule has 1 aliphatic heterocycles. The minimum Gasteiger partial charge on any atom is -0.462 e. The van der Waals surface area contributed by atoms with Crippen LogP contribution in [0, 0.1) is 18.7 Å². The van der Waals surface area contributed by atoms with Gasteiger partial charge < -0.3 is 10.1 Å². The third-order valence-electron chi connectivity index (χ3n) is 5.21. The van der Waals surface area contributed by atoms with E-state index in [2.05, 4.69) is 5.32 Å². The van der Waals surface area contributed by atoms with Gasteiger partial charge in [0.25, 0.3) is 0 Å². The Bertz CT molecular complexity index is 1070. The largest absolute Gasteiger partial charge is 0.462 e. The number of aryl methyl sites for hydroxylation is 1. The van der Waals surface area contributed by atoms with E-state index in [0.29, 0.717) is 30.6 Å². The molecule has 0 unspecified atom stereocenters. The van der Waals surface area contributed by atoms with Gasteiger partial charge in [-0.3, -0.25) is 4.79 Å². The van der Waals surface area contributed by atoms with Crippen molar-refractivity contribution in [2.24, 2.45) is 5.92 Å². The average molecular weight is 449 g/mol. The highest BCUT2D eigenvalue weighted by atomic mass is 32.2. The summed E-state index contributed by atoms with van der Waals surface area (Å²) in [5.74, 6) is -1.86. The predicted molar refractivity (Wildman–Crippen MR) is 114 cm³/mol. The molecule has 0 spiro atoms. The number of sulfonamides is 1. The lowest BCUT2D eigenvalue weighted by Gasteiger charge is -2.31. The second-order valence-corrected chi connectivity index (χ2v) is 9.33. The summed E-state index contributed by atoms with van der Waals surface area (Å²) in [4.78, 5) is 24.8. The van der Waals surface area contributed by atoms with E-state index in [1.165, 1.54) is 16.4 Å². The highest BCUT2D eigenvalue weighted by Crippen LogP contribution is 2.26. The molecule has 3 rings (SSSR count). The van der Waals surface area contributed by atoms with Gasteiger partial charge >= 0.3 is 5.97 Å². The Labute approximate surface area is 181 Å². The first-order valence-corrected chi connectivity index (χ1v) is 11.5. The molecule has 2 aromatic rings. The van der Waals surface area contributed by atoms with E-state index in [1.807, 2.05) is 0 Å². The standard InChI is InChI=1S/C22H25FN2O5S/c1-3-30-22(27)16-7-6-15(2)20(13-16)24-21(26)17-5-4-12-25(14-17)31(28,29)19-10-8-18(23)9-11-19/h6-11,13,17H,3-5,12,14H2,1-2H3,(H,24,26)/t17-/m1/s1. The number of hydrogen-bond donors (Lipinski definition) is 1. The van der Waals surface area contributed by atoms with Gasteiger partial charge in [0.15, 0.2) is 0 Å². The Morgan fingerprint density at radius 3 is 2.58 bits per heavy atom. The number of carbonyl (C=O) groups excluding carboxylic acids is 2. The summed E-state index contributed by atoms with van der Waals surface area (Å²) in [5.41, 5.74) is 1.58. The molecule has 0 bridgehead atoms. The molecule has 2 aromatic carbocycles. The van der Waals surface area contributed by atoms with Crippen LogP contribution in [0.15, 0.2) is 47.4 Å². The topological polar surface area (TPSA) is 92.8 Å². The molecule has 1 aliphatic rings. The molecule has 0 saturated carbocycles. The number of hydrogen-bond acceptors (Lipinski definition) is 5. The highest BCUT2D eigenvalue weighted by Gasteiger charge is 2.33. The molecular weight excluding hydrogens is 423 g/mol. The first kappa shape index (κ1) is 22.9. The number of halogens is 1. The number of rotatable bonds is 6. The van der Waals surface area contributed by atoms with Gasteiger partial charge in [-0.15, -0.1) is 0 Å². The summed E-state index contributed by atoms with van der Waals surface area (Å²) < 4.78 is 45.2. The number of anilines is 1. The Hall–Kier alpha value is -2.78. The van der Waals surface area contributed by atoms with Gasteiger partial charge in [-0.1, -0.05) is 6.07 Å². The molecule has 0 aromatic heterocycles. The maximum Gasteiger partial charge on any atom is 0.338 e. The van der Waals surface area contributed by atoms with E-state index in [4.69, 9.17) is 4.74 Å². The van der Waals surface area contributed by atoms with Crippen molar-refractivity contribution in [1.82, 2.24) is 4.31 Å². The molecule has 166 valence electrons. The van der Waals surface area contributed by atoms with E-state index in [1.54, 1.807) is 32.0 Å². The van der Waals surface area contributed by atoms with Crippen LogP contribution in [0.1, 0.15) is 35.7 Å². The van der Waals surface area contributed by atoms with Gasteiger partial charge in [0, 0.05) is 18.8 Å². The molecule has 1 saturated heterocycles. The lowest BCUT2D eigenvalue weighted by Crippen LogP contribution is -2.43. The van der Waals surface area contributed by atoms with Gasteiger partial charge in [0.1, 0.15) is 5.82 Å². The van der Waals surface area contributed by atoms with Crippen LogP contribution < -0.4 is 5.32 Å². The van der Waals surface area contributed by atoms with Crippen LogP contribution in [0.2, 0.25) is 0 Å². The maximum atomic E-state index is 13.2. The Kier molecular flexibility index (Phi) is 7.07. The molecule has 31 heavy (non-hydrogen) atoms. The van der Waals surface area contributed by atoms with Crippen LogP contribution in [0.25, 0.3) is 0 Å². The molecule has 1 heterocycles. The predicted octanol–water partition coefficient (Wildman–Crippen LogP) is 3.35. The van der Waals surface area contributed by atoms with E-state index in [0.717, 1.165) is 17.7 Å². The first-order chi connectivity index (χ1) is 14.7. The zero-order valence-corrected chi connectivity index (χ0v) is 18.2. The minimum atomic E-state index is -3.83. The molecule has 9 heteroatoms. The normalized spacial score (nSPS) is 17.2. The van der Waals surface area contributed by atoms with Gasteiger partial charge in [0.2, 0.25) is 15.9 Å². The van der Waals surface area contributed by atoms with Gasteiger partial charge in [0.05, 0.1) is 23.0 Å². The fourth-order valence-corrected chi connectivity index (χ4v) is 4.99. The minimum absolute atomic E-state index is 0.00654. The molecule has 1 atom stereocenters. The Balaban J connectivity index is 1.73. The summed E-state index contributed by atoms with van der Waals surface area (Å²) in [7, 11) is -3.83. The van der Waals surface area contributed by atoms with Crippen LogP contribution in [0.5, 0.6) is 0 Å². The Morgan fingerprint density at radius 2 is 1.90 bits per heavy atom. The fraction of sp³-hybridized carbons (Fsp3) is 0.364. The van der Waals surface area contributed by atoms with E-state index >= 15 is 0 Å². The lowest BCUT2D eigenvalue weighted by molar-refractivity contribution is -0.120. The molecule has 0 radical (unpaired) electrons. The summed E-state index contributed by atoms with van der Waals surface area (Å²) in [6.45, 7) is 4.08. The number of piperidine rings is 1. The Morgan fingerprint density at radius 1 is 1.19 bits per heavy atom. The quantitative estimate of drug-likeness (QED) is 0.684. The number of esters is 1. The number of nitrogens with one attached hydrogen (secondary N) is 1. The highest BCUT2D eigenvalue weighted by molar-refractivity contribution is 7.89. The molecule has 1 N–H and O–H groups in total. The third kappa shape index (κ3) is 5.29. The maximum absolute atomic E-state index is 13.2. The number of benzene rings is 2. The zero-order chi connectivity index (χ0) is 22.6. The summed E-state index contributed by atoms with van der Waals surface area (Å²) in [6.07, 6.45) is 1.07. The third-order valence-corrected chi connectivity index (χ3v) is 7.09. The SMILES string of the molecule is CCOC(=O)c1ccc(C)c(NC(=O)[C@@H]2CCCN(S(=O)(=O)c3ccc(F)cc3)C2)c1. The van der Waals surface area contributed by atoms with Crippen molar-refractivity contribution >= 4 is 27.6 Å². The van der Waals surface area contributed by atoms with Crippen LogP contribution in [0.4, 0.5) is 10.1 Å². The van der Waals surface area contributed by atoms with Crippen molar-refractivity contribution in [3.63, 3.8) is 0 Å². The van der Waals surface area contributed by atoms with Crippen molar-refractivity contribution in [1.29, 1.82) is 0 Å². The average Bonchev–Trinajstić information content (AvgIpc) is 2.75. The van der Waals surface area contributed by atoms with Crippen molar-refractivity contribution < 1.29 is 27.1 Å². The second kappa shape index (κ2) is 9.57. The van der Waals surface area contributed by atoms with Gasteiger partial charge in [-0.2, -0.15) is 4.31 Å².